The fraction of sp³-hybridized carbons (Fsp3) is 0.419. The van der Waals surface area contributed by atoms with Crippen molar-refractivity contribution in [2.75, 3.05) is 13.1 Å². The van der Waals surface area contributed by atoms with E-state index >= 15 is 0 Å². The SMILES string of the molecule is O=C1CCC(N2Cc3cc(O[C@@H]4CCCC[C@@H]4N4CC(c5ccc6cccnc6c5)C4)ccc3C2=O)C(=O)N1. The molecule has 8 heteroatoms. The lowest BCUT2D eigenvalue weighted by Gasteiger charge is -2.48. The van der Waals surface area contributed by atoms with Gasteiger partial charge < -0.3 is 9.64 Å². The Bertz CT molecular complexity index is 1470. The van der Waals surface area contributed by atoms with Crippen LogP contribution in [-0.4, -0.2) is 63.8 Å². The van der Waals surface area contributed by atoms with Gasteiger partial charge in [0.05, 0.1) is 5.52 Å². The van der Waals surface area contributed by atoms with Crippen molar-refractivity contribution in [1.82, 2.24) is 20.1 Å². The van der Waals surface area contributed by atoms with Gasteiger partial charge in [0.1, 0.15) is 17.9 Å². The number of aromatic nitrogens is 1. The summed E-state index contributed by atoms with van der Waals surface area (Å²) in [5.74, 6) is 0.476. The lowest BCUT2D eigenvalue weighted by atomic mass is 9.84. The molecule has 0 bridgehead atoms. The van der Waals surface area contributed by atoms with Crippen molar-refractivity contribution in [2.45, 2.75) is 69.2 Å². The topological polar surface area (TPSA) is 91.8 Å². The van der Waals surface area contributed by atoms with Crippen molar-refractivity contribution in [3.05, 3.63) is 71.4 Å². The van der Waals surface area contributed by atoms with E-state index in [0.29, 0.717) is 30.5 Å². The minimum Gasteiger partial charge on any atom is -0.489 e. The van der Waals surface area contributed by atoms with E-state index < -0.39 is 6.04 Å². The number of imide groups is 1. The van der Waals surface area contributed by atoms with Crippen LogP contribution < -0.4 is 10.1 Å². The Kier molecular flexibility index (Phi) is 6.07. The van der Waals surface area contributed by atoms with Crippen molar-refractivity contribution in [3.8, 4) is 5.75 Å². The van der Waals surface area contributed by atoms with E-state index in [1.807, 2.05) is 30.5 Å². The van der Waals surface area contributed by atoms with Gasteiger partial charge in [0.2, 0.25) is 11.8 Å². The highest BCUT2D eigenvalue weighted by Gasteiger charge is 2.41. The third-order valence-corrected chi connectivity index (χ3v) is 8.93. The zero-order chi connectivity index (χ0) is 26.5. The number of hydrogen-bond donors (Lipinski definition) is 1. The number of fused-ring (bicyclic) bond motifs is 2. The monoisotopic (exact) mass is 524 g/mol. The predicted octanol–water partition coefficient (Wildman–Crippen LogP) is 3.79. The van der Waals surface area contributed by atoms with E-state index in [1.165, 1.54) is 17.4 Å². The average molecular weight is 525 g/mol. The fourth-order valence-electron chi connectivity index (χ4n) is 6.76. The molecule has 3 amide bonds. The fourth-order valence-corrected chi connectivity index (χ4v) is 6.76. The number of benzene rings is 2. The van der Waals surface area contributed by atoms with E-state index in [2.05, 4.69) is 39.5 Å². The van der Waals surface area contributed by atoms with Crippen LogP contribution in [0.5, 0.6) is 5.75 Å². The summed E-state index contributed by atoms with van der Waals surface area (Å²) >= 11 is 0. The van der Waals surface area contributed by atoms with Crippen molar-refractivity contribution in [1.29, 1.82) is 0 Å². The Morgan fingerprint density at radius 2 is 1.82 bits per heavy atom. The molecule has 4 heterocycles. The number of carbonyl (C=O) groups excluding carboxylic acids is 3. The first-order valence-electron chi connectivity index (χ1n) is 14.1. The van der Waals surface area contributed by atoms with Crippen molar-refractivity contribution in [2.24, 2.45) is 0 Å². The molecule has 4 aliphatic rings. The second kappa shape index (κ2) is 9.75. The molecule has 3 fully saturated rings. The van der Waals surface area contributed by atoms with Crippen LogP contribution in [0, 0.1) is 0 Å². The lowest BCUT2D eigenvalue weighted by molar-refractivity contribution is -0.136. The molecule has 3 aliphatic heterocycles. The second-order valence-corrected chi connectivity index (χ2v) is 11.3. The Labute approximate surface area is 227 Å². The van der Waals surface area contributed by atoms with Crippen LogP contribution >= 0.6 is 0 Å². The molecule has 7 rings (SSSR count). The summed E-state index contributed by atoms with van der Waals surface area (Å²) in [5.41, 5.74) is 3.90. The molecular weight excluding hydrogens is 492 g/mol. The number of nitrogens with zero attached hydrogens (tertiary/aromatic N) is 3. The second-order valence-electron chi connectivity index (χ2n) is 11.3. The summed E-state index contributed by atoms with van der Waals surface area (Å²) in [6.07, 6.45) is 7.09. The molecule has 1 saturated carbocycles. The van der Waals surface area contributed by atoms with Crippen LogP contribution in [0.25, 0.3) is 10.9 Å². The predicted molar refractivity (Wildman–Crippen MR) is 145 cm³/mol. The maximum Gasteiger partial charge on any atom is 0.255 e. The van der Waals surface area contributed by atoms with Gasteiger partial charge in [-0.3, -0.25) is 29.6 Å². The molecule has 2 aromatic carbocycles. The first-order chi connectivity index (χ1) is 19.0. The van der Waals surface area contributed by atoms with Crippen LogP contribution in [0.3, 0.4) is 0 Å². The summed E-state index contributed by atoms with van der Waals surface area (Å²) in [6, 6.07) is 16.2. The van der Waals surface area contributed by atoms with Crippen molar-refractivity contribution in [3.63, 3.8) is 0 Å². The zero-order valence-corrected chi connectivity index (χ0v) is 21.8. The van der Waals surface area contributed by atoms with Gasteiger partial charge in [0, 0.05) is 55.2 Å². The van der Waals surface area contributed by atoms with Gasteiger partial charge in [0.15, 0.2) is 0 Å². The molecule has 39 heavy (non-hydrogen) atoms. The Morgan fingerprint density at radius 1 is 0.949 bits per heavy atom. The van der Waals surface area contributed by atoms with E-state index in [0.717, 1.165) is 49.2 Å². The largest absolute Gasteiger partial charge is 0.489 e. The third kappa shape index (κ3) is 4.46. The molecule has 8 nitrogen and oxygen atoms in total. The lowest BCUT2D eigenvalue weighted by Crippen LogP contribution is -2.57. The maximum absolute atomic E-state index is 13.0. The van der Waals surface area contributed by atoms with Gasteiger partial charge >= 0.3 is 0 Å². The molecule has 3 aromatic rings. The van der Waals surface area contributed by atoms with E-state index in [9.17, 15) is 14.4 Å². The van der Waals surface area contributed by atoms with E-state index in [1.54, 1.807) is 4.90 Å². The standard InChI is InChI=1S/C31H32N4O4/c36-29-12-11-27(30(37)33-29)35-18-21-14-23(9-10-24(21)31(35)38)39-28-6-2-1-5-26(28)34-16-22(17-34)20-8-7-19-4-3-13-32-25(19)15-20/h3-4,7-10,13-15,22,26-28H,1-2,5-6,11-12,16-18H2,(H,33,36,37)/t26-,27?,28+/m0/s1. The normalized spacial score (nSPS) is 25.9. The van der Waals surface area contributed by atoms with Crippen LogP contribution in [0.2, 0.25) is 0 Å². The highest BCUT2D eigenvalue weighted by molar-refractivity contribution is 6.05. The summed E-state index contributed by atoms with van der Waals surface area (Å²) in [6.45, 7) is 2.42. The third-order valence-electron chi connectivity index (χ3n) is 8.93. The van der Waals surface area contributed by atoms with Crippen LogP contribution in [0.4, 0.5) is 0 Å². The highest BCUT2D eigenvalue weighted by atomic mass is 16.5. The highest BCUT2D eigenvalue weighted by Crippen LogP contribution is 2.37. The molecule has 1 aromatic heterocycles. The Balaban J connectivity index is 1.02. The first kappa shape index (κ1) is 24.3. The number of ether oxygens (including phenoxy) is 1. The quantitative estimate of drug-likeness (QED) is 0.511. The first-order valence-corrected chi connectivity index (χ1v) is 14.1. The summed E-state index contributed by atoms with van der Waals surface area (Å²) < 4.78 is 6.59. The van der Waals surface area contributed by atoms with Crippen LogP contribution in [0.1, 0.15) is 65.9 Å². The average Bonchev–Trinajstić information content (AvgIpc) is 3.24. The van der Waals surface area contributed by atoms with Gasteiger partial charge in [-0.15, -0.1) is 0 Å². The maximum atomic E-state index is 13.0. The minimum absolute atomic E-state index is 0.111. The number of likely N-dealkylation sites (tertiary alicyclic amines) is 1. The summed E-state index contributed by atoms with van der Waals surface area (Å²) in [5, 5.41) is 3.54. The number of amides is 3. The van der Waals surface area contributed by atoms with Crippen LogP contribution in [0.15, 0.2) is 54.7 Å². The van der Waals surface area contributed by atoms with Crippen molar-refractivity contribution >= 4 is 28.6 Å². The van der Waals surface area contributed by atoms with Gasteiger partial charge in [-0.2, -0.15) is 0 Å². The van der Waals surface area contributed by atoms with E-state index in [-0.39, 0.29) is 30.2 Å². The summed E-state index contributed by atoms with van der Waals surface area (Å²) in [7, 11) is 0. The molecule has 1 unspecified atom stereocenters. The number of nitrogens with one attached hydrogen (secondary N) is 1. The van der Waals surface area contributed by atoms with Crippen LogP contribution in [-0.2, 0) is 16.1 Å². The van der Waals surface area contributed by atoms with E-state index in [4.69, 9.17) is 4.74 Å². The Morgan fingerprint density at radius 3 is 2.69 bits per heavy atom. The number of carbonyl (C=O) groups is 3. The number of hydrogen-bond acceptors (Lipinski definition) is 6. The molecule has 0 radical (unpaired) electrons. The minimum atomic E-state index is -0.604. The smallest absolute Gasteiger partial charge is 0.255 e. The molecule has 3 atom stereocenters. The summed E-state index contributed by atoms with van der Waals surface area (Å²) in [4.78, 5) is 45.6. The molecule has 1 N–H and O–H groups in total. The van der Waals surface area contributed by atoms with Gasteiger partial charge in [0.25, 0.3) is 5.91 Å². The number of pyridine rings is 1. The number of rotatable bonds is 5. The van der Waals surface area contributed by atoms with Gasteiger partial charge in [-0.1, -0.05) is 24.6 Å². The zero-order valence-electron chi connectivity index (χ0n) is 21.8. The molecule has 1 aliphatic carbocycles. The van der Waals surface area contributed by atoms with Gasteiger partial charge in [-0.05, 0) is 67.1 Å². The van der Waals surface area contributed by atoms with Crippen molar-refractivity contribution < 1.29 is 19.1 Å². The van der Waals surface area contributed by atoms with Gasteiger partial charge in [-0.25, -0.2) is 0 Å². The molecule has 200 valence electrons. The Hall–Kier alpha value is -3.78. The molecule has 2 saturated heterocycles. The number of piperidine rings is 1. The molecular formula is C31H32N4O4. The molecule has 0 spiro atoms.